The van der Waals surface area contributed by atoms with Crippen LogP contribution >= 0.6 is 0 Å². The zero-order chi connectivity index (χ0) is 14.6. The van der Waals surface area contributed by atoms with Crippen LogP contribution in [0.3, 0.4) is 0 Å². The number of halogens is 1. The number of rotatable bonds is 6. The van der Waals surface area contributed by atoms with Gasteiger partial charge in [0, 0.05) is 13.1 Å². The van der Waals surface area contributed by atoms with Crippen molar-refractivity contribution in [1.29, 1.82) is 0 Å². The molecule has 0 saturated carbocycles. The number of carboxylic acid groups (broad SMARTS) is 1. The summed E-state index contributed by atoms with van der Waals surface area (Å²) in [6, 6.07) is 4.53. The molecule has 0 heterocycles. The maximum absolute atomic E-state index is 13.6. The van der Waals surface area contributed by atoms with Gasteiger partial charge >= 0.3 is 5.97 Å². The number of carbonyl (C=O) groups is 1. The topological polar surface area (TPSA) is 52.6 Å². The van der Waals surface area contributed by atoms with Crippen molar-refractivity contribution < 1.29 is 14.3 Å². The van der Waals surface area contributed by atoms with E-state index >= 15 is 0 Å². The molecule has 19 heavy (non-hydrogen) atoms. The summed E-state index contributed by atoms with van der Waals surface area (Å²) in [5, 5.41) is 12.4. The Labute approximate surface area is 113 Å². The molecular formula is C14H21FN2O2. The highest BCUT2D eigenvalue weighted by atomic mass is 19.1. The van der Waals surface area contributed by atoms with Crippen molar-refractivity contribution in [2.45, 2.75) is 19.4 Å². The molecule has 0 aromatic heterocycles. The Kier molecular flexibility index (Phi) is 5.03. The predicted molar refractivity (Wildman–Crippen MR) is 72.7 cm³/mol. The first kappa shape index (κ1) is 15.6. The summed E-state index contributed by atoms with van der Waals surface area (Å²) in [6.45, 7) is 4.41. The lowest BCUT2D eigenvalue weighted by atomic mass is 9.91. The molecule has 1 atom stereocenters. The van der Waals surface area contributed by atoms with Crippen molar-refractivity contribution in [3.63, 3.8) is 0 Å². The van der Waals surface area contributed by atoms with E-state index in [0.717, 1.165) is 0 Å². The fourth-order valence-corrected chi connectivity index (χ4v) is 1.73. The van der Waals surface area contributed by atoms with Gasteiger partial charge < -0.3 is 10.0 Å². The highest BCUT2D eigenvalue weighted by molar-refractivity contribution is 5.80. The van der Waals surface area contributed by atoms with Gasteiger partial charge in [-0.05, 0) is 45.1 Å². The van der Waals surface area contributed by atoms with Crippen LogP contribution in [0.15, 0.2) is 18.2 Å². The zero-order valence-electron chi connectivity index (χ0n) is 11.8. The number of aryl methyl sites for hydroxylation is 1. The maximum atomic E-state index is 13.6. The minimum absolute atomic E-state index is 0.389. The molecule has 0 aliphatic rings. The number of hydrogen-bond acceptors (Lipinski definition) is 3. The fourth-order valence-electron chi connectivity index (χ4n) is 1.73. The monoisotopic (exact) mass is 268 g/mol. The standard InChI is InChI=1S/C14H21FN2O2/c1-10-5-6-11(9-12(10)15)14(2,13(18)19)16-7-8-17(3)4/h5-6,9,16H,7-8H2,1-4H3,(H,18,19). The van der Waals surface area contributed by atoms with Crippen LogP contribution < -0.4 is 5.32 Å². The lowest BCUT2D eigenvalue weighted by Crippen LogP contribution is -2.48. The van der Waals surface area contributed by atoms with E-state index in [0.29, 0.717) is 24.2 Å². The lowest BCUT2D eigenvalue weighted by molar-refractivity contribution is -0.144. The van der Waals surface area contributed by atoms with Crippen LogP contribution in [-0.2, 0) is 10.3 Å². The summed E-state index contributed by atoms with van der Waals surface area (Å²) < 4.78 is 13.6. The highest BCUT2D eigenvalue weighted by Gasteiger charge is 2.34. The minimum Gasteiger partial charge on any atom is -0.480 e. The van der Waals surface area contributed by atoms with Gasteiger partial charge in [-0.15, -0.1) is 0 Å². The van der Waals surface area contributed by atoms with Gasteiger partial charge in [-0.1, -0.05) is 12.1 Å². The summed E-state index contributed by atoms with van der Waals surface area (Å²) in [5.41, 5.74) is -0.364. The molecule has 1 unspecified atom stereocenters. The van der Waals surface area contributed by atoms with Crippen LogP contribution in [0.1, 0.15) is 18.1 Å². The van der Waals surface area contributed by atoms with Crippen LogP contribution in [0.25, 0.3) is 0 Å². The maximum Gasteiger partial charge on any atom is 0.328 e. The molecule has 1 rings (SSSR count). The first-order valence-corrected chi connectivity index (χ1v) is 6.17. The highest BCUT2D eigenvalue weighted by Crippen LogP contribution is 2.23. The number of benzene rings is 1. The van der Waals surface area contributed by atoms with E-state index in [2.05, 4.69) is 5.32 Å². The number of nitrogens with zero attached hydrogens (tertiary/aromatic N) is 1. The van der Waals surface area contributed by atoms with Crippen molar-refractivity contribution in [2.24, 2.45) is 0 Å². The Bertz CT molecular complexity index is 463. The number of aliphatic carboxylic acids is 1. The number of likely N-dealkylation sites (N-methyl/N-ethyl adjacent to an activating group) is 1. The predicted octanol–water partition coefficient (Wildman–Crippen LogP) is 1.59. The summed E-state index contributed by atoms with van der Waals surface area (Å²) in [4.78, 5) is 13.4. The molecule has 0 aliphatic carbocycles. The van der Waals surface area contributed by atoms with Gasteiger partial charge in [0.05, 0.1) is 0 Å². The van der Waals surface area contributed by atoms with E-state index < -0.39 is 11.5 Å². The van der Waals surface area contributed by atoms with E-state index in [1.807, 2.05) is 19.0 Å². The van der Waals surface area contributed by atoms with Gasteiger partial charge in [0.1, 0.15) is 11.4 Å². The largest absolute Gasteiger partial charge is 0.480 e. The second kappa shape index (κ2) is 6.12. The van der Waals surface area contributed by atoms with E-state index in [4.69, 9.17) is 0 Å². The normalized spacial score (nSPS) is 14.4. The van der Waals surface area contributed by atoms with Gasteiger partial charge in [0.25, 0.3) is 0 Å². The summed E-state index contributed by atoms with van der Waals surface area (Å²) in [7, 11) is 3.82. The lowest BCUT2D eigenvalue weighted by Gasteiger charge is -2.28. The fraction of sp³-hybridized carbons (Fsp3) is 0.500. The van der Waals surface area contributed by atoms with Crippen LogP contribution in [0, 0.1) is 12.7 Å². The average molecular weight is 268 g/mol. The molecular weight excluding hydrogens is 247 g/mol. The van der Waals surface area contributed by atoms with E-state index in [9.17, 15) is 14.3 Å². The number of nitrogens with one attached hydrogen (secondary N) is 1. The van der Waals surface area contributed by atoms with Gasteiger partial charge in [0.2, 0.25) is 0 Å². The molecule has 106 valence electrons. The van der Waals surface area contributed by atoms with E-state index in [1.54, 1.807) is 26.0 Å². The summed E-state index contributed by atoms with van der Waals surface area (Å²) >= 11 is 0. The molecule has 1 aromatic carbocycles. The number of hydrogen-bond donors (Lipinski definition) is 2. The van der Waals surface area contributed by atoms with Gasteiger partial charge in [-0.25, -0.2) is 9.18 Å². The average Bonchev–Trinajstić information content (AvgIpc) is 2.31. The third-order valence-electron chi connectivity index (χ3n) is 3.21. The second-order valence-electron chi connectivity index (χ2n) is 5.12. The van der Waals surface area contributed by atoms with Gasteiger partial charge in [-0.3, -0.25) is 5.32 Å². The van der Waals surface area contributed by atoms with E-state index in [1.165, 1.54) is 6.07 Å². The Morgan fingerprint density at radius 3 is 2.58 bits per heavy atom. The molecule has 4 nitrogen and oxygen atoms in total. The molecule has 2 N–H and O–H groups in total. The van der Waals surface area contributed by atoms with Crippen LogP contribution in [0.4, 0.5) is 4.39 Å². The van der Waals surface area contributed by atoms with Crippen molar-refractivity contribution >= 4 is 5.97 Å². The molecule has 1 aromatic rings. The minimum atomic E-state index is -1.29. The molecule has 0 amide bonds. The summed E-state index contributed by atoms with van der Waals surface area (Å²) in [5.74, 6) is -1.41. The third-order valence-corrected chi connectivity index (χ3v) is 3.21. The Hall–Kier alpha value is -1.46. The second-order valence-corrected chi connectivity index (χ2v) is 5.12. The van der Waals surface area contributed by atoms with Crippen LogP contribution in [0.5, 0.6) is 0 Å². The Balaban J connectivity index is 2.97. The molecule has 5 heteroatoms. The quantitative estimate of drug-likeness (QED) is 0.822. The van der Waals surface area contributed by atoms with Crippen molar-refractivity contribution in [1.82, 2.24) is 10.2 Å². The molecule has 0 radical (unpaired) electrons. The molecule has 0 spiro atoms. The molecule has 0 bridgehead atoms. The first-order valence-electron chi connectivity index (χ1n) is 6.17. The molecule has 0 aliphatic heterocycles. The van der Waals surface area contributed by atoms with Crippen molar-refractivity contribution in [2.75, 3.05) is 27.2 Å². The SMILES string of the molecule is Cc1ccc(C(C)(NCCN(C)C)C(=O)O)cc1F. The van der Waals surface area contributed by atoms with E-state index in [-0.39, 0.29) is 5.82 Å². The van der Waals surface area contributed by atoms with Gasteiger partial charge in [-0.2, -0.15) is 0 Å². The smallest absolute Gasteiger partial charge is 0.328 e. The molecule has 0 saturated heterocycles. The van der Waals surface area contributed by atoms with Crippen molar-refractivity contribution in [3.8, 4) is 0 Å². The van der Waals surface area contributed by atoms with Gasteiger partial charge in [0.15, 0.2) is 0 Å². The third kappa shape index (κ3) is 3.75. The first-order chi connectivity index (χ1) is 8.77. The number of carboxylic acids is 1. The summed E-state index contributed by atoms with van der Waals surface area (Å²) in [6.07, 6.45) is 0. The Morgan fingerprint density at radius 2 is 2.11 bits per heavy atom. The van der Waals surface area contributed by atoms with Crippen LogP contribution in [-0.4, -0.2) is 43.2 Å². The van der Waals surface area contributed by atoms with Crippen molar-refractivity contribution in [3.05, 3.63) is 35.1 Å². The van der Waals surface area contributed by atoms with Crippen LogP contribution in [0.2, 0.25) is 0 Å². The molecule has 0 fully saturated rings. The Morgan fingerprint density at radius 1 is 1.47 bits per heavy atom. The zero-order valence-corrected chi connectivity index (χ0v) is 11.8.